The van der Waals surface area contributed by atoms with Crippen LogP contribution in [-0.2, 0) is 17.6 Å². The van der Waals surface area contributed by atoms with Crippen LogP contribution >= 0.6 is 22.9 Å². The van der Waals surface area contributed by atoms with Gasteiger partial charge < -0.3 is 5.32 Å². The smallest absolute Gasteiger partial charge is 0.253 e. The molecule has 2 aromatic rings. The average molecular weight is 422 g/mol. The largest absolute Gasteiger partial charge is 0.313 e. The summed E-state index contributed by atoms with van der Waals surface area (Å²) in [5, 5.41) is 4.42. The lowest BCUT2D eigenvalue weighted by atomic mass is 9.93. The molecule has 28 heavy (non-hydrogen) atoms. The second kappa shape index (κ2) is 6.99. The van der Waals surface area contributed by atoms with Gasteiger partial charge in [-0.15, -0.1) is 11.3 Å². The lowest BCUT2D eigenvalue weighted by Crippen LogP contribution is -2.24. The van der Waals surface area contributed by atoms with E-state index in [-0.39, 0.29) is 18.7 Å². The third-order valence-corrected chi connectivity index (χ3v) is 7.55. The molecule has 148 valence electrons. The van der Waals surface area contributed by atoms with Gasteiger partial charge >= 0.3 is 0 Å². The van der Waals surface area contributed by atoms with Crippen molar-refractivity contribution in [2.24, 2.45) is 0 Å². The number of thiophene rings is 1. The van der Waals surface area contributed by atoms with E-state index in [0.717, 1.165) is 66.1 Å². The third-order valence-electron chi connectivity index (χ3n) is 5.66. The van der Waals surface area contributed by atoms with Crippen LogP contribution in [0.5, 0.6) is 0 Å². The van der Waals surface area contributed by atoms with Gasteiger partial charge in [-0.25, -0.2) is 13.8 Å². The van der Waals surface area contributed by atoms with Gasteiger partial charge in [0.1, 0.15) is 15.8 Å². The van der Waals surface area contributed by atoms with Crippen LogP contribution in [0.3, 0.4) is 0 Å². The summed E-state index contributed by atoms with van der Waals surface area (Å²) < 4.78 is 32.5. The van der Waals surface area contributed by atoms with Crippen molar-refractivity contribution in [3.05, 3.63) is 27.9 Å². The number of halogens is 2. The molecule has 0 spiro atoms. The second-order valence-electron chi connectivity index (χ2n) is 7.90. The summed E-state index contributed by atoms with van der Waals surface area (Å²) in [6.07, 6.45) is 7.94. The first-order valence-corrected chi connectivity index (χ1v) is 11.5. The number of amides is 1. The standard InChI is InChI=1S/C20H21F2N3OS2/c21-20(22)9-8-13-14(10-20)27-18(24-17(26)12-4-2-1-3-5-12)15(13)19-23-16(25-28-19)11-6-7-11/h4,11H,1-3,5-10H2,(H,24,26). The number of rotatable bonds is 4. The fraction of sp³-hybridized carbons (Fsp3) is 0.550. The maximum absolute atomic E-state index is 14.0. The van der Waals surface area contributed by atoms with Crippen LogP contribution in [0.1, 0.15) is 67.1 Å². The molecule has 8 heteroatoms. The normalized spacial score (nSPS) is 21.1. The van der Waals surface area contributed by atoms with Crippen LogP contribution in [-0.4, -0.2) is 21.2 Å². The fourth-order valence-electron chi connectivity index (χ4n) is 3.94. The minimum Gasteiger partial charge on any atom is -0.313 e. The lowest BCUT2D eigenvalue weighted by molar-refractivity contribution is -0.113. The van der Waals surface area contributed by atoms with Gasteiger partial charge in [-0.1, -0.05) is 6.08 Å². The number of hydrogen-bond acceptors (Lipinski definition) is 5. The van der Waals surface area contributed by atoms with Crippen LogP contribution in [0.2, 0.25) is 0 Å². The molecule has 2 aromatic heterocycles. The number of allylic oxidation sites excluding steroid dienone is 1. The molecule has 0 aromatic carbocycles. The zero-order valence-corrected chi connectivity index (χ0v) is 17.0. The summed E-state index contributed by atoms with van der Waals surface area (Å²) in [4.78, 5) is 18.1. The number of carbonyl (C=O) groups excluding carboxylic acids is 1. The molecule has 0 atom stereocenters. The second-order valence-corrected chi connectivity index (χ2v) is 9.76. The van der Waals surface area contributed by atoms with E-state index in [1.807, 2.05) is 6.08 Å². The molecule has 0 bridgehead atoms. The highest BCUT2D eigenvalue weighted by Gasteiger charge is 2.38. The highest BCUT2D eigenvalue weighted by molar-refractivity contribution is 7.18. The lowest BCUT2D eigenvalue weighted by Gasteiger charge is -2.21. The van der Waals surface area contributed by atoms with E-state index in [1.54, 1.807) is 0 Å². The van der Waals surface area contributed by atoms with Crippen LogP contribution in [0, 0.1) is 0 Å². The quantitative estimate of drug-likeness (QED) is 0.688. The Balaban J connectivity index is 1.52. The zero-order valence-electron chi connectivity index (χ0n) is 15.4. The molecule has 4 nitrogen and oxygen atoms in total. The van der Waals surface area contributed by atoms with Gasteiger partial charge in [-0.05, 0) is 62.0 Å². The number of carbonyl (C=O) groups is 1. The van der Waals surface area contributed by atoms with Crippen molar-refractivity contribution < 1.29 is 13.6 Å². The molecule has 2 heterocycles. The molecule has 0 aliphatic heterocycles. The van der Waals surface area contributed by atoms with E-state index in [2.05, 4.69) is 9.69 Å². The predicted octanol–water partition coefficient (Wildman–Crippen LogP) is 5.71. The van der Waals surface area contributed by atoms with Gasteiger partial charge in [0.15, 0.2) is 0 Å². The Morgan fingerprint density at radius 1 is 1.25 bits per heavy atom. The average Bonchev–Trinajstić information content (AvgIpc) is 3.31. The van der Waals surface area contributed by atoms with Crippen LogP contribution in [0.4, 0.5) is 13.8 Å². The van der Waals surface area contributed by atoms with Crippen molar-refractivity contribution in [1.29, 1.82) is 0 Å². The Labute approximate surface area is 170 Å². The zero-order chi connectivity index (χ0) is 19.3. The Morgan fingerprint density at radius 2 is 2.11 bits per heavy atom. The maximum atomic E-state index is 14.0. The number of aromatic nitrogens is 2. The number of hydrogen-bond donors (Lipinski definition) is 1. The summed E-state index contributed by atoms with van der Waals surface area (Å²) in [6, 6.07) is 0. The first kappa shape index (κ1) is 18.4. The van der Waals surface area contributed by atoms with Crippen molar-refractivity contribution in [1.82, 2.24) is 9.36 Å². The molecule has 0 radical (unpaired) electrons. The Kier molecular flexibility index (Phi) is 4.58. The molecule has 3 aliphatic rings. The number of fused-ring (bicyclic) bond motifs is 1. The number of nitrogens with one attached hydrogen (secondary N) is 1. The van der Waals surface area contributed by atoms with E-state index in [9.17, 15) is 13.6 Å². The summed E-state index contributed by atoms with van der Waals surface area (Å²) in [5.74, 6) is -1.50. The Bertz CT molecular complexity index is 959. The number of alkyl halides is 2. The van der Waals surface area contributed by atoms with Crippen molar-refractivity contribution in [2.75, 3.05) is 5.32 Å². The van der Waals surface area contributed by atoms with Gasteiger partial charge in [0.2, 0.25) is 0 Å². The van der Waals surface area contributed by atoms with E-state index in [1.165, 1.54) is 22.9 Å². The molecule has 1 saturated carbocycles. The van der Waals surface area contributed by atoms with Gasteiger partial charge in [0, 0.05) is 29.2 Å². The Morgan fingerprint density at radius 3 is 2.86 bits per heavy atom. The molecule has 1 fully saturated rings. The van der Waals surface area contributed by atoms with Crippen molar-refractivity contribution in [2.45, 2.75) is 69.6 Å². The first-order valence-electron chi connectivity index (χ1n) is 9.87. The molecule has 1 amide bonds. The minimum absolute atomic E-state index is 0.113. The molecular weight excluding hydrogens is 400 g/mol. The molecule has 3 aliphatic carbocycles. The molecule has 0 unspecified atom stereocenters. The highest BCUT2D eigenvalue weighted by Crippen LogP contribution is 2.49. The highest BCUT2D eigenvalue weighted by atomic mass is 32.1. The van der Waals surface area contributed by atoms with E-state index in [0.29, 0.717) is 22.2 Å². The number of nitrogens with zero attached hydrogens (tertiary/aromatic N) is 2. The van der Waals surface area contributed by atoms with Crippen molar-refractivity contribution in [3.63, 3.8) is 0 Å². The van der Waals surface area contributed by atoms with E-state index >= 15 is 0 Å². The van der Waals surface area contributed by atoms with E-state index < -0.39 is 5.92 Å². The molecular formula is C20H21F2N3OS2. The van der Waals surface area contributed by atoms with Gasteiger partial charge in [-0.3, -0.25) is 4.79 Å². The first-order chi connectivity index (χ1) is 13.5. The topological polar surface area (TPSA) is 54.9 Å². The van der Waals surface area contributed by atoms with Gasteiger partial charge in [-0.2, -0.15) is 4.37 Å². The summed E-state index contributed by atoms with van der Waals surface area (Å²) in [5.41, 5.74) is 2.54. The van der Waals surface area contributed by atoms with Gasteiger partial charge in [0.25, 0.3) is 11.8 Å². The third kappa shape index (κ3) is 3.52. The molecule has 1 N–H and O–H groups in total. The summed E-state index contributed by atoms with van der Waals surface area (Å²) in [7, 11) is 0. The summed E-state index contributed by atoms with van der Waals surface area (Å²) >= 11 is 2.60. The predicted molar refractivity (Wildman–Crippen MR) is 107 cm³/mol. The molecule has 0 saturated heterocycles. The minimum atomic E-state index is -2.68. The monoisotopic (exact) mass is 421 g/mol. The van der Waals surface area contributed by atoms with Crippen molar-refractivity contribution >= 4 is 33.8 Å². The van der Waals surface area contributed by atoms with Crippen molar-refractivity contribution in [3.8, 4) is 10.6 Å². The van der Waals surface area contributed by atoms with Crippen LogP contribution in [0.25, 0.3) is 10.6 Å². The molecule has 5 rings (SSSR count). The van der Waals surface area contributed by atoms with Crippen LogP contribution in [0.15, 0.2) is 11.6 Å². The fourth-order valence-corrected chi connectivity index (χ4v) is 6.14. The SMILES string of the molecule is O=C(Nc1sc2c(c1-c1nc(C3CC3)ns1)CCC(F)(F)C2)C1=CCCCC1. The maximum Gasteiger partial charge on any atom is 0.253 e. The number of anilines is 1. The van der Waals surface area contributed by atoms with Crippen LogP contribution < -0.4 is 5.32 Å². The summed E-state index contributed by atoms with van der Waals surface area (Å²) in [6.45, 7) is 0. The Hall–Kier alpha value is -1.67. The van der Waals surface area contributed by atoms with Gasteiger partial charge in [0.05, 0.1) is 5.56 Å². The van der Waals surface area contributed by atoms with E-state index in [4.69, 9.17) is 4.98 Å².